The average molecular weight is 166 g/mol. The van der Waals surface area contributed by atoms with Crippen molar-refractivity contribution in [2.24, 2.45) is 0 Å². The molecule has 0 aliphatic carbocycles. The Balaban J connectivity index is 0.000000127. The van der Waals surface area contributed by atoms with Gasteiger partial charge in [0, 0.05) is 25.4 Å². The molecule has 2 rings (SSSR count). The van der Waals surface area contributed by atoms with Crippen LogP contribution in [0.1, 0.15) is 6.42 Å². The topological polar surface area (TPSA) is 62.0 Å². The maximum atomic E-state index is 10.2. The fourth-order valence-electron chi connectivity index (χ4n) is 0.779. The Labute approximate surface area is 70.0 Å². The number of ketones is 1. The highest BCUT2D eigenvalue weighted by atomic mass is 16.2. The molecule has 1 aliphatic heterocycles. The van der Waals surface area contributed by atoms with Gasteiger partial charge in [0.1, 0.15) is 0 Å². The van der Waals surface area contributed by atoms with Crippen LogP contribution >= 0.6 is 0 Å². The third kappa shape index (κ3) is 2.57. The first kappa shape index (κ1) is 8.52. The number of amides is 1. The molecule has 1 aliphatic rings. The fraction of sp³-hybridized carbons (Fsp3) is 0.250. The standard InChI is InChI=1S/C4H5NO2.C4H5N/c6-3-1-2-5-4(3)7;1-2-4-5-3-1/h1-2H2,(H,5,7);1-5H. The maximum absolute atomic E-state index is 10.2. The molecule has 0 aromatic carbocycles. The van der Waals surface area contributed by atoms with Crippen molar-refractivity contribution in [3.63, 3.8) is 0 Å². The molecule has 1 aromatic rings. The number of Topliss-reactive ketones (excluding diaryl/α,β-unsaturated/α-hetero) is 1. The molecule has 1 saturated heterocycles. The van der Waals surface area contributed by atoms with Crippen LogP contribution in [0.5, 0.6) is 0 Å². The highest BCUT2D eigenvalue weighted by Crippen LogP contribution is 1.88. The number of aromatic nitrogens is 1. The van der Waals surface area contributed by atoms with Gasteiger partial charge in [0.05, 0.1) is 0 Å². The van der Waals surface area contributed by atoms with E-state index in [4.69, 9.17) is 0 Å². The second-order valence-corrected chi connectivity index (χ2v) is 2.31. The highest BCUT2D eigenvalue weighted by Gasteiger charge is 2.18. The van der Waals surface area contributed by atoms with Crippen molar-refractivity contribution in [2.45, 2.75) is 6.42 Å². The average Bonchev–Trinajstić information content (AvgIpc) is 2.67. The van der Waals surface area contributed by atoms with E-state index in [1.165, 1.54) is 0 Å². The van der Waals surface area contributed by atoms with Gasteiger partial charge in [0.25, 0.3) is 5.91 Å². The van der Waals surface area contributed by atoms with Crippen molar-refractivity contribution in [3.05, 3.63) is 24.5 Å². The SMILES string of the molecule is O=C1CCNC1=O.c1cc[nH]c1. The third-order valence-corrected chi connectivity index (χ3v) is 1.39. The molecular formula is C8H10N2O2. The van der Waals surface area contributed by atoms with E-state index in [9.17, 15) is 9.59 Å². The summed E-state index contributed by atoms with van der Waals surface area (Å²) in [4.78, 5) is 23.1. The van der Waals surface area contributed by atoms with E-state index >= 15 is 0 Å². The number of H-pyrrole nitrogens is 1. The normalized spacial score (nSPS) is 15.0. The lowest BCUT2D eigenvalue weighted by molar-refractivity contribution is -0.135. The molecule has 1 aromatic heterocycles. The third-order valence-electron chi connectivity index (χ3n) is 1.39. The predicted octanol–water partition coefficient (Wildman–Crippen LogP) is 0.0901. The molecule has 4 nitrogen and oxygen atoms in total. The number of aromatic amines is 1. The van der Waals surface area contributed by atoms with Crippen LogP contribution in [0.3, 0.4) is 0 Å². The maximum Gasteiger partial charge on any atom is 0.287 e. The van der Waals surface area contributed by atoms with Gasteiger partial charge >= 0.3 is 0 Å². The molecule has 0 spiro atoms. The first-order chi connectivity index (χ1) is 5.80. The number of hydrogen-bond acceptors (Lipinski definition) is 2. The van der Waals surface area contributed by atoms with Crippen molar-refractivity contribution in [2.75, 3.05) is 6.54 Å². The van der Waals surface area contributed by atoms with E-state index in [-0.39, 0.29) is 5.78 Å². The second kappa shape index (κ2) is 4.33. The molecule has 0 saturated carbocycles. The minimum atomic E-state index is -0.431. The zero-order chi connectivity index (χ0) is 8.81. The van der Waals surface area contributed by atoms with Gasteiger partial charge in [-0.25, -0.2) is 0 Å². The van der Waals surface area contributed by atoms with Crippen molar-refractivity contribution in [1.29, 1.82) is 0 Å². The van der Waals surface area contributed by atoms with E-state index in [0.717, 1.165) is 0 Å². The largest absolute Gasteiger partial charge is 0.368 e. The number of carbonyl (C=O) groups excluding carboxylic acids is 2. The molecule has 2 N–H and O–H groups in total. The Kier molecular flexibility index (Phi) is 3.07. The van der Waals surface area contributed by atoms with Gasteiger partial charge in [0.2, 0.25) is 5.78 Å². The first-order valence-corrected chi connectivity index (χ1v) is 3.69. The van der Waals surface area contributed by atoms with Gasteiger partial charge < -0.3 is 10.3 Å². The quantitative estimate of drug-likeness (QED) is 0.536. The summed E-state index contributed by atoms with van der Waals surface area (Å²) in [5, 5.41) is 2.38. The summed E-state index contributed by atoms with van der Waals surface area (Å²) in [6.07, 6.45) is 4.12. The van der Waals surface area contributed by atoms with Crippen LogP contribution in [0.15, 0.2) is 24.5 Å². The van der Waals surface area contributed by atoms with Crippen LogP contribution in [0, 0.1) is 0 Å². The van der Waals surface area contributed by atoms with E-state index in [1.54, 1.807) is 0 Å². The highest BCUT2D eigenvalue weighted by molar-refractivity contribution is 6.37. The molecule has 12 heavy (non-hydrogen) atoms. The Bertz CT molecular complexity index is 223. The zero-order valence-corrected chi connectivity index (χ0v) is 6.54. The van der Waals surface area contributed by atoms with Crippen molar-refractivity contribution < 1.29 is 9.59 Å². The molecule has 0 unspecified atom stereocenters. The molecule has 2 heterocycles. The van der Waals surface area contributed by atoms with Gasteiger partial charge in [-0.05, 0) is 12.1 Å². The molecule has 0 atom stereocenters. The Morgan fingerprint density at radius 3 is 2.00 bits per heavy atom. The van der Waals surface area contributed by atoms with Crippen LogP contribution in [0.4, 0.5) is 0 Å². The zero-order valence-electron chi connectivity index (χ0n) is 6.54. The Morgan fingerprint density at radius 1 is 1.17 bits per heavy atom. The molecule has 64 valence electrons. The number of rotatable bonds is 0. The lowest BCUT2D eigenvalue weighted by Crippen LogP contribution is -2.18. The summed E-state index contributed by atoms with van der Waals surface area (Å²) in [7, 11) is 0. The van der Waals surface area contributed by atoms with Gasteiger partial charge in [-0.2, -0.15) is 0 Å². The van der Waals surface area contributed by atoms with Crippen LogP contribution in [-0.2, 0) is 9.59 Å². The number of nitrogens with one attached hydrogen (secondary N) is 2. The molecular weight excluding hydrogens is 156 g/mol. The van der Waals surface area contributed by atoms with E-state index in [2.05, 4.69) is 10.3 Å². The minimum absolute atomic E-state index is 0.292. The molecule has 0 radical (unpaired) electrons. The molecule has 1 amide bonds. The first-order valence-electron chi connectivity index (χ1n) is 3.69. The Morgan fingerprint density at radius 2 is 1.83 bits per heavy atom. The minimum Gasteiger partial charge on any atom is -0.368 e. The van der Waals surface area contributed by atoms with E-state index < -0.39 is 5.91 Å². The number of hydrogen-bond donors (Lipinski definition) is 2. The predicted molar refractivity (Wildman–Crippen MR) is 43.4 cm³/mol. The number of carbonyl (C=O) groups is 2. The lowest BCUT2D eigenvalue weighted by atomic mass is 10.3. The van der Waals surface area contributed by atoms with Gasteiger partial charge in [0.15, 0.2) is 0 Å². The second-order valence-electron chi connectivity index (χ2n) is 2.31. The molecule has 4 heteroatoms. The molecule has 1 fully saturated rings. The fourth-order valence-corrected chi connectivity index (χ4v) is 0.779. The molecule has 0 bridgehead atoms. The smallest absolute Gasteiger partial charge is 0.287 e. The monoisotopic (exact) mass is 166 g/mol. The summed E-state index contributed by atoms with van der Waals surface area (Å²) < 4.78 is 0. The summed E-state index contributed by atoms with van der Waals surface area (Å²) in [6.45, 7) is 0.525. The summed E-state index contributed by atoms with van der Waals surface area (Å²) in [5.74, 6) is -0.722. The van der Waals surface area contributed by atoms with Gasteiger partial charge in [-0.1, -0.05) is 0 Å². The van der Waals surface area contributed by atoms with Crippen LogP contribution in [0.2, 0.25) is 0 Å². The van der Waals surface area contributed by atoms with E-state index in [1.807, 2.05) is 24.5 Å². The van der Waals surface area contributed by atoms with Crippen molar-refractivity contribution in [1.82, 2.24) is 10.3 Å². The van der Waals surface area contributed by atoms with Crippen LogP contribution in [0.25, 0.3) is 0 Å². The van der Waals surface area contributed by atoms with Crippen molar-refractivity contribution in [3.8, 4) is 0 Å². The summed E-state index contributed by atoms with van der Waals surface area (Å²) in [6, 6.07) is 3.89. The van der Waals surface area contributed by atoms with Gasteiger partial charge in [-0.15, -0.1) is 0 Å². The summed E-state index contributed by atoms with van der Waals surface area (Å²) in [5.41, 5.74) is 0. The van der Waals surface area contributed by atoms with Crippen molar-refractivity contribution >= 4 is 11.7 Å². The van der Waals surface area contributed by atoms with Gasteiger partial charge in [-0.3, -0.25) is 9.59 Å². The Hall–Kier alpha value is -1.58. The lowest BCUT2D eigenvalue weighted by Gasteiger charge is -1.78. The van der Waals surface area contributed by atoms with Crippen LogP contribution < -0.4 is 5.32 Å². The van der Waals surface area contributed by atoms with E-state index in [0.29, 0.717) is 13.0 Å². The van der Waals surface area contributed by atoms with Crippen LogP contribution in [-0.4, -0.2) is 23.2 Å². The summed E-state index contributed by atoms with van der Waals surface area (Å²) >= 11 is 0.